The lowest BCUT2D eigenvalue weighted by molar-refractivity contribution is 0.218. The zero-order valence-corrected chi connectivity index (χ0v) is 8.56. The van der Waals surface area contributed by atoms with Gasteiger partial charge in [-0.05, 0) is 18.9 Å². The van der Waals surface area contributed by atoms with E-state index in [4.69, 9.17) is 16.0 Å². The van der Waals surface area contributed by atoms with Gasteiger partial charge in [0, 0.05) is 25.6 Å². The van der Waals surface area contributed by atoms with Gasteiger partial charge >= 0.3 is 0 Å². The molecule has 1 fully saturated rings. The van der Waals surface area contributed by atoms with Crippen LogP contribution in [0, 0.1) is 11.8 Å². The highest BCUT2D eigenvalue weighted by atomic mass is 16.4. The fraction of sp³-hybridized carbons (Fsp3) is 0.889. The third-order valence-corrected chi connectivity index (χ3v) is 2.78. The Kier molecular flexibility index (Phi) is 4.16. The molecule has 82 valence electrons. The SMILES string of the molecule is CC(CN1CCC(CO)C1)C(N)=NO. The van der Waals surface area contributed by atoms with E-state index in [1.54, 1.807) is 0 Å². The summed E-state index contributed by atoms with van der Waals surface area (Å²) in [6.45, 7) is 4.90. The van der Waals surface area contributed by atoms with Gasteiger partial charge in [-0.3, -0.25) is 0 Å². The molecule has 0 spiro atoms. The molecule has 0 aliphatic carbocycles. The molecule has 2 atom stereocenters. The molecule has 14 heavy (non-hydrogen) atoms. The third kappa shape index (κ3) is 2.85. The predicted octanol–water partition coefficient (Wildman–Crippen LogP) is -0.317. The standard InChI is InChI=1S/C9H19N3O2/c1-7(9(10)11-14)4-12-3-2-8(5-12)6-13/h7-8,13-14H,2-6H2,1H3,(H2,10,11). The number of oxime groups is 1. The van der Waals surface area contributed by atoms with E-state index in [2.05, 4.69) is 10.1 Å². The molecule has 0 saturated carbocycles. The highest BCUT2D eigenvalue weighted by molar-refractivity contribution is 5.82. The third-order valence-electron chi connectivity index (χ3n) is 2.78. The second kappa shape index (κ2) is 5.17. The van der Waals surface area contributed by atoms with Crippen LogP contribution in [0.5, 0.6) is 0 Å². The minimum absolute atomic E-state index is 0.0671. The largest absolute Gasteiger partial charge is 0.409 e. The lowest BCUT2D eigenvalue weighted by Gasteiger charge is -2.19. The number of rotatable bonds is 4. The van der Waals surface area contributed by atoms with Crippen molar-refractivity contribution in [3.63, 3.8) is 0 Å². The number of hydrogen-bond donors (Lipinski definition) is 3. The van der Waals surface area contributed by atoms with Crippen LogP contribution in [-0.4, -0.2) is 47.3 Å². The number of aliphatic hydroxyl groups excluding tert-OH is 1. The Morgan fingerprint density at radius 1 is 1.71 bits per heavy atom. The summed E-state index contributed by atoms with van der Waals surface area (Å²) in [6.07, 6.45) is 1.04. The van der Waals surface area contributed by atoms with E-state index in [0.29, 0.717) is 5.92 Å². The van der Waals surface area contributed by atoms with Crippen LogP contribution in [0.25, 0.3) is 0 Å². The van der Waals surface area contributed by atoms with E-state index in [1.807, 2.05) is 6.92 Å². The summed E-state index contributed by atoms with van der Waals surface area (Å²) >= 11 is 0. The molecular weight excluding hydrogens is 182 g/mol. The van der Waals surface area contributed by atoms with Gasteiger partial charge in [-0.1, -0.05) is 12.1 Å². The van der Waals surface area contributed by atoms with Crippen LogP contribution in [0.4, 0.5) is 0 Å². The molecule has 0 aromatic rings. The smallest absolute Gasteiger partial charge is 0.143 e. The highest BCUT2D eigenvalue weighted by Crippen LogP contribution is 2.16. The van der Waals surface area contributed by atoms with Gasteiger partial charge in [-0.15, -0.1) is 0 Å². The van der Waals surface area contributed by atoms with Crippen molar-refractivity contribution < 1.29 is 10.3 Å². The van der Waals surface area contributed by atoms with Crippen molar-refractivity contribution in [3.8, 4) is 0 Å². The van der Waals surface area contributed by atoms with Crippen LogP contribution >= 0.6 is 0 Å². The number of amidine groups is 1. The summed E-state index contributed by atoms with van der Waals surface area (Å²) in [4.78, 5) is 2.24. The summed E-state index contributed by atoms with van der Waals surface area (Å²) in [5, 5.41) is 20.4. The minimum Gasteiger partial charge on any atom is -0.409 e. The lowest BCUT2D eigenvalue weighted by atomic mass is 10.1. The second-order valence-corrected chi connectivity index (χ2v) is 4.02. The molecule has 1 rings (SSSR count). The molecule has 1 aliphatic rings. The first-order chi connectivity index (χ1) is 6.67. The first-order valence-corrected chi connectivity index (χ1v) is 4.98. The molecule has 1 aliphatic heterocycles. The van der Waals surface area contributed by atoms with E-state index in [-0.39, 0.29) is 18.4 Å². The zero-order valence-electron chi connectivity index (χ0n) is 8.56. The Hall–Kier alpha value is -0.810. The van der Waals surface area contributed by atoms with Crippen LogP contribution in [0.15, 0.2) is 5.16 Å². The van der Waals surface area contributed by atoms with Crippen molar-refractivity contribution in [3.05, 3.63) is 0 Å². The zero-order chi connectivity index (χ0) is 10.6. The summed E-state index contributed by atoms with van der Waals surface area (Å²) in [5.41, 5.74) is 5.49. The van der Waals surface area contributed by atoms with Crippen molar-refractivity contribution in [2.45, 2.75) is 13.3 Å². The molecular formula is C9H19N3O2. The quantitative estimate of drug-likeness (QED) is 0.252. The normalized spacial score (nSPS) is 26.7. The first kappa shape index (κ1) is 11.3. The summed E-state index contributed by atoms with van der Waals surface area (Å²) < 4.78 is 0. The van der Waals surface area contributed by atoms with Crippen molar-refractivity contribution in [2.75, 3.05) is 26.2 Å². The Morgan fingerprint density at radius 2 is 2.43 bits per heavy atom. The molecule has 0 radical (unpaired) electrons. The highest BCUT2D eigenvalue weighted by Gasteiger charge is 2.23. The molecule has 1 heterocycles. The fourth-order valence-corrected chi connectivity index (χ4v) is 1.81. The van der Waals surface area contributed by atoms with Gasteiger partial charge in [-0.25, -0.2) is 0 Å². The van der Waals surface area contributed by atoms with Gasteiger partial charge < -0.3 is 20.9 Å². The van der Waals surface area contributed by atoms with Gasteiger partial charge in [0.25, 0.3) is 0 Å². The van der Waals surface area contributed by atoms with E-state index < -0.39 is 0 Å². The Labute approximate surface area is 84.2 Å². The number of likely N-dealkylation sites (tertiary alicyclic amines) is 1. The van der Waals surface area contributed by atoms with E-state index >= 15 is 0 Å². The first-order valence-electron chi connectivity index (χ1n) is 4.98. The number of nitrogens with zero attached hydrogens (tertiary/aromatic N) is 2. The van der Waals surface area contributed by atoms with Crippen molar-refractivity contribution in [1.29, 1.82) is 0 Å². The van der Waals surface area contributed by atoms with Gasteiger partial charge in [0.1, 0.15) is 5.84 Å². The second-order valence-electron chi connectivity index (χ2n) is 4.02. The fourth-order valence-electron chi connectivity index (χ4n) is 1.81. The molecule has 1 saturated heterocycles. The summed E-state index contributed by atoms with van der Waals surface area (Å²) in [6, 6.07) is 0. The van der Waals surface area contributed by atoms with Crippen LogP contribution < -0.4 is 5.73 Å². The van der Waals surface area contributed by atoms with Crippen LogP contribution in [-0.2, 0) is 0 Å². The lowest BCUT2D eigenvalue weighted by Crippen LogP contribution is -2.33. The Bertz CT molecular complexity index is 208. The van der Waals surface area contributed by atoms with Crippen molar-refractivity contribution in [2.24, 2.45) is 22.7 Å². The van der Waals surface area contributed by atoms with Crippen LogP contribution in [0.3, 0.4) is 0 Å². The summed E-state index contributed by atoms with van der Waals surface area (Å²) in [7, 11) is 0. The molecule has 5 nitrogen and oxygen atoms in total. The van der Waals surface area contributed by atoms with Gasteiger partial charge in [0.05, 0.1) is 0 Å². The topological polar surface area (TPSA) is 82.1 Å². The van der Waals surface area contributed by atoms with E-state index in [9.17, 15) is 0 Å². The number of hydrogen-bond acceptors (Lipinski definition) is 4. The molecule has 4 N–H and O–H groups in total. The van der Waals surface area contributed by atoms with Crippen LogP contribution in [0.1, 0.15) is 13.3 Å². The maximum absolute atomic E-state index is 8.96. The van der Waals surface area contributed by atoms with Crippen molar-refractivity contribution in [1.82, 2.24) is 4.90 Å². The monoisotopic (exact) mass is 201 g/mol. The van der Waals surface area contributed by atoms with Gasteiger partial charge in [-0.2, -0.15) is 0 Å². The number of nitrogens with two attached hydrogens (primary N) is 1. The Morgan fingerprint density at radius 3 is 2.93 bits per heavy atom. The molecule has 0 bridgehead atoms. The van der Waals surface area contributed by atoms with Gasteiger partial charge in [0.15, 0.2) is 0 Å². The van der Waals surface area contributed by atoms with E-state index in [0.717, 1.165) is 26.1 Å². The van der Waals surface area contributed by atoms with E-state index in [1.165, 1.54) is 0 Å². The number of aliphatic hydroxyl groups is 1. The molecule has 5 heteroatoms. The van der Waals surface area contributed by atoms with Crippen LogP contribution in [0.2, 0.25) is 0 Å². The molecule has 2 unspecified atom stereocenters. The minimum atomic E-state index is 0.0671. The summed E-state index contributed by atoms with van der Waals surface area (Å²) in [5.74, 6) is 0.740. The predicted molar refractivity (Wildman–Crippen MR) is 54.2 cm³/mol. The average Bonchev–Trinajstić information content (AvgIpc) is 2.64. The molecule has 0 aromatic heterocycles. The van der Waals surface area contributed by atoms with Crippen molar-refractivity contribution >= 4 is 5.84 Å². The average molecular weight is 201 g/mol. The maximum atomic E-state index is 8.96. The molecule has 0 aromatic carbocycles. The maximum Gasteiger partial charge on any atom is 0.143 e. The molecule has 0 amide bonds. The Balaban J connectivity index is 2.32. The van der Waals surface area contributed by atoms with Gasteiger partial charge in [0.2, 0.25) is 0 Å².